The van der Waals surface area contributed by atoms with Crippen LogP contribution in [0.25, 0.3) is 0 Å². The molecule has 0 spiro atoms. The Hall–Kier alpha value is -1.14. The van der Waals surface area contributed by atoms with Crippen LogP contribution in [-0.4, -0.2) is 41.8 Å². The Kier molecular flexibility index (Phi) is 5.24. The van der Waals surface area contributed by atoms with Crippen LogP contribution in [0.15, 0.2) is 0 Å². The Balaban J connectivity index is 3.85. The van der Waals surface area contributed by atoms with Crippen LogP contribution in [0.5, 0.6) is 0 Å². The molecule has 0 aromatic heterocycles. The lowest BCUT2D eigenvalue weighted by Gasteiger charge is -2.22. The van der Waals surface area contributed by atoms with Crippen LogP contribution in [0.1, 0.15) is 20.8 Å². The zero-order chi connectivity index (χ0) is 12.1. The van der Waals surface area contributed by atoms with Crippen molar-refractivity contribution >= 4 is 11.9 Å². The molecule has 0 heterocycles. The number of carbonyl (C=O) groups excluding carboxylic acids is 1. The van der Waals surface area contributed by atoms with Crippen molar-refractivity contribution in [3.63, 3.8) is 0 Å². The fourth-order valence-electron chi connectivity index (χ4n) is 0.795. The molecule has 0 saturated heterocycles. The zero-order valence-electron chi connectivity index (χ0n) is 9.24. The fourth-order valence-corrected chi connectivity index (χ4v) is 0.795. The molecule has 1 unspecified atom stereocenters. The van der Waals surface area contributed by atoms with E-state index in [1.54, 1.807) is 20.8 Å². The van der Waals surface area contributed by atoms with Gasteiger partial charge in [0.2, 0.25) is 0 Å². The van der Waals surface area contributed by atoms with Gasteiger partial charge in [-0.25, -0.2) is 0 Å². The number of carbonyl (C=O) groups is 2. The Bertz CT molecular complexity index is 235. The number of ether oxygens (including phenoxy) is 1. The minimum Gasteiger partial charge on any atom is -0.480 e. The van der Waals surface area contributed by atoms with Crippen molar-refractivity contribution in [1.82, 2.24) is 5.32 Å². The van der Waals surface area contributed by atoms with E-state index in [9.17, 15) is 9.59 Å². The highest BCUT2D eigenvalue weighted by Gasteiger charge is 2.21. The third-order valence-corrected chi connectivity index (χ3v) is 1.35. The van der Waals surface area contributed by atoms with Crippen LogP contribution in [0.4, 0.5) is 0 Å². The summed E-state index contributed by atoms with van der Waals surface area (Å²) in [5, 5.41) is 10.9. The molecule has 0 saturated carbocycles. The molecule has 6 heteroatoms. The fraction of sp³-hybridized carbons (Fsp3) is 0.778. The highest BCUT2D eigenvalue weighted by atomic mass is 16.6. The van der Waals surface area contributed by atoms with Crippen molar-refractivity contribution in [2.24, 2.45) is 5.73 Å². The molecular weight excluding hydrogens is 200 g/mol. The van der Waals surface area contributed by atoms with E-state index < -0.39 is 23.6 Å². The molecule has 15 heavy (non-hydrogen) atoms. The predicted octanol–water partition coefficient (Wildman–Crippen LogP) is -0.670. The Morgan fingerprint density at radius 2 is 2.00 bits per heavy atom. The monoisotopic (exact) mass is 218 g/mol. The molecule has 0 bridgehead atoms. The Morgan fingerprint density at radius 3 is 2.40 bits per heavy atom. The first-order chi connectivity index (χ1) is 6.72. The summed E-state index contributed by atoms with van der Waals surface area (Å²) in [5.74, 6) is -1.54. The van der Waals surface area contributed by atoms with Gasteiger partial charge in [-0.2, -0.15) is 0 Å². The molecule has 0 fully saturated rings. The van der Waals surface area contributed by atoms with Crippen LogP contribution in [0.3, 0.4) is 0 Å². The second kappa shape index (κ2) is 5.67. The number of esters is 1. The number of rotatable bonds is 5. The van der Waals surface area contributed by atoms with Gasteiger partial charge in [0.15, 0.2) is 0 Å². The van der Waals surface area contributed by atoms with E-state index in [2.05, 4.69) is 5.32 Å². The van der Waals surface area contributed by atoms with E-state index in [-0.39, 0.29) is 13.1 Å². The van der Waals surface area contributed by atoms with Crippen LogP contribution in [0, 0.1) is 0 Å². The second-order valence-electron chi connectivity index (χ2n) is 4.16. The maximum Gasteiger partial charge on any atom is 0.324 e. The van der Waals surface area contributed by atoms with Gasteiger partial charge in [-0.3, -0.25) is 9.59 Å². The summed E-state index contributed by atoms with van der Waals surface area (Å²) in [6.07, 6.45) is 0. The van der Waals surface area contributed by atoms with Gasteiger partial charge in [-0.1, -0.05) is 0 Å². The highest BCUT2D eigenvalue weighted by Crippen LogP contribution is 2.07. The maximum absolute atomic E-state index is 11.3. The second-order valence-corrected chi connectivity index (χ2v) is 4.16. The lowest BCUT2D eigenvalue weighted by atomic mass is 10.2. The number of hydrogen-bond donors (Lipinski definition) is 3. The Morgan fingerprint density at radius 1 is 1.47 bits per heavy atom. The minimum atomic E-state index is -0.994. The third-order valence-electron chi connectivity index (χ3n) is 1.35. The first kappa shape index (κ1) is 13.9. The normalized spacial score (nSPS) is 13.3. The molecule has 0 aliphatic rings. The van der Waals surface area contributed by atoms with Crippen LogP contribution in [0.2, 0.25) is 0 Å². The molecule has 0 radical (unpaired) electrons. The van der Waals surface area contributed by atoms with Crippen LogP contribution in [-0.2, 0) is 14.3 Å². The Labute approximate surface area is 88.8 Å². The SMILES string of the molecule is CC(C)(C)OC(=O)C(N)CNCC(=O)O. The standard InChI is InChI=1S/C9H18N2O4/c1-9(2,3)15-8(14)6(10)4-11-5-7(12)13/h6,11H,4-5,10H2,1-3H3,(H,12,13). The summed E-state index contributed by atoms with van der Waals surface area (Å²) < 4.78 is 5.01. The first-order valence-corrected chi connectivity index (χ1v) is 4.63. The van der Waals surface area contributed by atoms with Crippen molar-refractivity contribution < 1.29 is 19.4 Å². The first-order valence-electron chi connectivity index (χ1n) is 4.63. The van der Waals surface area contributed by atoms with E-state index in [1.165, 1.54) is 0 Å². The average Bonchev–Trinajstić information content (AvgIpc) is 1.99. The molecule has 0 amide bonds. The predicted molar refractivity (Wildman–Crippen MR) is 54.3 cm³/mol. The quantitative estimate of drug-likeness (QED) is 0.529. The number of nitrogens with one attached hydrogen (secondary N) is 1. The zero-order valence-corrected chi connectivity index (χ0v) is 9.24. The van der Waals surface area contributed by atoms with Crippen molar-refractivity contribution in [1.29, 1.82) is 0 Å². The van der Waals surface area contributed by atoms with Gasteiger partial charge in [-0.15, -0.1) is 0 Å². The van der Waals surface area contributed by atoms with Crippen molar-refractivity contribution in [3.05, 3.63) is 0 Å². The summed E-state index contributed by atoms with van der Waals surface area (Å²) in [6.45, 7) is 5.07. The molecule has 6 nitrogen and oxygen atoms in total. The van der Waals surface area contributed by atoms with Crippen LogP contribution >= 0.6 is 0 Å². The third kappa shape index (κ3) is 7.90. The number of nitrogens with two attached hydrogens (primary N) is 1. The van der Waals surface area contributed by atoms with E-state index in [1.807, 2.05) is 0 Å². The number of carboxylic acid groups (broad SMARTS) is 1. The van der Waals surface area contributed by atoms with Gasteiger partial charge in [0, 0.05) is 6.54 Å². The number of carboxylic acids is 1. The number of aliphatic carboxylic acids is 1. The van der Waals surface area contributed by atoms with E-state index in [0.29, 0.717) is 0 Å². The lowest BCUT2D eigenvalue weighted by Crippen LogP contribution is -2.45. The molecule has 88 valence electrons. The topological polar surface area (TPSA) is 102 Å². The minimum absolute atomic E-state index is 0.0845. The van der Waals surface area contributed by atoms with Crippen molar-refractivity contribution in [2.75, 3.05) is 13.1 Å². The smallest absolute Gasteiger partial charge is 0.324 e. The van der Waals surface area contributed by atoms with Gasteiger partial charge < -0.3 is 20.9 Å². The molecule has 0 aromatic rings. The lowest BCUT2D eigenvalue weighted by molar-refractivity contribution is -0.156. The average molecular weight is 218 g/mol. The van der Waals surface area contributed by atoms with E-state index in [0.717, 1.165) is 0 Å². The molecule has 0 aromatic carbocycles. The molecule has 4 N–H and O–H groups in total. The van der Waals surface area contributed by atoms with Crippen molar-refractivity contribution in [3.8, 4) is 0 Å². The molecule has 0 rings (SSSR count). The van der Waals surface area contributed by atoms with E-state index in [4.69, 9.17) is 15.6 Å². The number of hydrogen-bond acceptors (Lipinski definition) is 5. The highest BCUT2D eigenvalue weighted by molar-refractivity contribution is 5.76. The van der Waals surface area contributed by atoms with E-state index >= 15 is 0 Å². The summed E-state index contributed by atoms with van der Waals surface area (Å²) in [4.78, 5) is 21.5. The summed E-state index contributed by atoms with van der Waals surface area (Å²) in [5.41, 5.74) is 4.90. The summed E-state index contributed by atoms with van der Waals surface area (Å²) in [6, 6.07) is -0.844. The molecular formula is C9H18N2O4. The molecule has 1 atom stereocenters. The molecule has 0 aliphatic carbocycles. The van der Waals surface area contributed by atoms with Gasteiger partial charge in [-0.05, 0) is 20.8 Å². The summed E-state index contributed by atoms with van der Waals surface area (Å²) >= 11 is 0. The van der Waals surface area contributed by atoms with Gasteiger partial charge in [0.1, 0.15) is 11.6 Å². The van der Waals surface area contributed by atoms with Crippen molar-refractivity contribution in [2.45, 2.75) is 32.4 Å². The summed E-state index contributed by atoms with van der Waals surface area (Å²) in [7, 11) is 0. The van der Waals surface area contributed by atoms with Gasteiger partial charge in [0.05, 0.1) is 6.54 Å². The van der Waals surface area contributed by atoms with Gasteiger partial charge >= 0.3 is 11.9 Å². The maximum atomic E-state index is 11.3. The van der Waals surface area contributed by atoms with Crippen LogP contribution < -0.4 is 11.1 Å². The van der Waals surface area contributed by atoms with Gasteiger partial charge in [0.25, 0.3) is 0 Å². The largest absolute Gasteiger partial charge is 0.480 e. The molecule has 0 aliphatic heterocycles.